The maximum Gasteiger partial charge on any atom is 0.303 e. The number of nitrogen functional groups attached to an aromatic ring is 1. The number of anilines is 1. The summed E-state index contributed by atoms with van der Waals surface area (Å²) in [4.78, 5) is 12.0. The topological polar surface area (TPSA) is 98.2 Å². The fraction of sp³-hybridized carbons (Fsp3) is 0.300. The first-order chi connectivity index (χ1) is 7.26. The van der Waals surface area contributed by atoms with E-state index >= 15 is 0 Å². The SMILES string of the molecule is CCNC(=O)S(C)(N)(=O)c1ccc(N)cc1. The van der Waals surface area contributed by atoms with Gasteiger partial charge in [-0.25, -0.2) is 0 Å². The highest BCUT2D eigenvalue weighted by Gasteiger charge is 2.36. The highest BCUT2D eigenvalue weighted by Crippen LogP contribution is 2.27. The van der Waals surface area contributed by atoms with Gasteiger partial charge in [0.05, 0.1) is 0 Å². The predicted octanol–water partition coefficient (Wildman–Crippen LogP) is 0.681. The molecular formula is C10H17N3O2S. The minimum Gasteiger partial charge on any atom is -0.399 e. The number of nitrogens with one attached hydrogen (secondary N) is 1. The largest absolute Gasteiger partial charge is 0.399 e. The third-order valence-electron chi connectivity index (χ3n) is 2.25. The van der Waals surface area contributed by atoms with Crippen LogP contribution in [0.2, 0.25) is 0 Å². The second kappa shape index (κ2) is 3.88. The lowest BCUT2D eigenvalue weighted by molar-refractivity contribution is 0.259. The Labute approximate surface area is 94.7 Å². The molecule has 0 atom stereocenters. The number of hydrogen-bond donors (Lipinski definition) is 3. The molecule has 0 saturated carbocycles. The summed E-state index contributed by atoms with van der Waals surface area (Å²) in [7, 11) is -3.99. The summed E-state index contributed by atoms with van der Waals surface area (Å²) in [6, 6.07) is 6.16. The Morgan fingerprint density at radius 2 is 1.88 bits per heavy atom. The molecule has 0 aliphatic rings. The van der Waals surface area contributed by atoms with Crippen molar-refractivity contribution in [3.8, 4) is 0 Å². The number of benzene rings is 1. The van der Waals surface area contributed by atoms with Crippen LogP contribution in [0.15, 0.2) is 29.2 Å². The van der Waals surface area contributed by atoms with Crippen molar-refractivity contribution < 1.29 is 9.00 Å². The third-order valence-corrected chi connectivity index (χ3v) is 4.76. The summed E-state index contributed by atoms with van der Waals surface area (Å²) >= 11 is 0. The van der Waals surface area contributed by atoms with Crippen molar-refractivity contribution in [3.05, 3.63) is 24.3 Å². The second-order valence-corrected chi connectivity index (χ2v) is 7.46. The zero-order valence-electron chi connectivity index (χ0n) is 9.40. The van der Waals surface area contributed by atoms with Gasteiger partial charge in [0.15, 0.2) is 0 Å². The summed E-state index contributed by atoms with van der Waals surface area (Å²) in [5.41, 5.74) is 6.05. The summed E-state index contributed by atoms with van der Waals surface area (Å²) in [6.45, 7) is 2.12. The zero-order valence-corrected chi connectivity index (χ0v) is 10.2. The van der Waals surface area contributed by atoms with Crippen LogP contribution in [0.25, 0.3) is 0 Å². The summed E-state index contributed by atoms with van der Waals surface area (Å²) in [5.74, 6) is 0. The number of carbonyl (C=O) groups is 1. The molecule has 0 unspecified atom stereocenters. The number of hydrogen-bond acceptors (Lipinski definition) is 3. The van der Waals surface area contributed by atoms with Crippen molar-refractivity contribution in [1.82, 2.24) is 5.32 Å². The highest BCUT2D eigenvalue weighted by molar-refractivity contribution is 8.29. The van der Waals surface area contributed by atoms with Gasteiger partial charge in [-0.2, -0.15) is 0 Å². The molecule has 0 spiro atoms. The first-order valence-corrected chi connectivity index (χ1v) is 7.28. The van der Waals surface area contributed by atoms with Crippen molar-refractivity contribution in [2.75, 3.05) is 18.5 Å². The zero-order chi connectivity index (χ0) is 12.4. The molecule has 5 N–H and O–H groups in total. The van der Waals surface area contributed by atoms with E-state index in [0.29, 0.717) is 12.2 Å². The standard InChI is InChI=1S/C10H17N3O2S/c1-3-13-10(14)16(2,12,15)9-6-4-8(11)5-7-9/h4-7H,3,11H2,1-2H3,(H2,12,15)(H,13,14). The van der Waals surface area contributed by atoms with E-state index in [0.717, 1.165) is 0 Å². The minimum atomic E-state index is -3.99. The number of nitrogens with two attached hydrogens (primary N) is 2. The van der Waals surface area contributed by atoms with Crippen LogP contribution < -0.4 is 16.2 Å². The van der Waals surface area contributed by atoms with Crippen LogP contribution in [-0.4, -0.2) is 22.2 Å². The van der Waals surface area contributed by atoms with Gasteiger partial charge in [-0.05, 0) is 31.2 Å². The van der Waals surface area contributed by atoms with E-state index in [1.54, 1.807) is 19.1 Å². The number of amides is 1. The van der Waals surface area contributed by atoms with Crippen LogP contribution in [0.1, 0.15) is 6.92 Å². The summed E-state index contributed by atoms with van der Waals surface area (Å²) in [5, 5.41) is 7.59. The molecule has 0 bridgehead atoms. The van der Waals surface area contributed by atoms with E-state index in [2.05, 4.69) is 5.32 Å². The molecule has 90 valence electrons. The van der Waals surface area contributed by atoms with Crippen molar-refractivity contribution in [1.29, 1.82) is 0 Å². The molecule has 16 heavy (non-hydrogen) atoms. The highest BCUT2D eigenvalue weighted by atomic mass is 32.3. The van der Waals surface area contributed by atoms with Crippen molar-refractivity contribution in [3.63, 3.8) is 0 Å². The van der Waals surface area contributed by atoms with E-state index in [-0.39, 0.29) is 4.90 Å². The van der Waals surface area contributed by atoms with E-state index < -0.39 is 14.5 Å². The Bertz CT molecular complexity index is 461. The van der Waals surface area contributed by atoms with Gasteiger partial charge in [0, 0.05) is 32.6 Å². The maximum absolute atomic E-state index is 12.5. The van der Waals surface area contributed by atoms with Gasteiger partial charge in [-0.3, -0.25) is 14.1 Å². The van der Waals surface area contributed by atoms with Gasteiger partial charge in [0.1, 0.15) is 0 Å². The molecule has 1 amide bonds. The van der Waals surface area contributed by atoms with Gasteiger partial charge in [-0.1, -0.05) is 0 Å². The molecule has 5 nitrogen and oxygen atoms in total. The van der Waals surface area contributed by atoms with Crippen molar-refractivity contribution in [2.45, 2.75) is 11.8 Å². The van der Waals surface area contributed by atoms with E-state index in [1.165, 1.54) is 18.4 Å². The Balaban J connectivity index is 3.22. The molecule has 0 aliphatic carbocycles. The minimum absolute atomic E-state index is 0.289. The first kappa shape index (κ1) is 12.7. The Hall–Kier alpha value is -1.40. The molecule has 0 aromatic heterocycles. The molecule has 0 radical (unpaired) electrons. The van der Waals surface area contributed by atoms with Gasteiger partial charge >= 0.3 is 5.24 Å². The Morgan fingerprint density at radius 1 is 1.38 bits per heavy atom. The third kappa shape index (κ3) is 2.23. The van der Waals surface area contributed by atoms with Crippen molar-refractivity contribution >= 4 is 20.2 Å². The molecule has 0 aliphatic heterocycles. The first-order valence-electron chi connectivity index (χ1n) is 4.84. The molecule has 6 heteroatoms. The van der Waals surface area contributed by atoms with Crippen LogP contribution in [-0.2, 0) is 9.25 Å². The summed E-state index contributed by atoms with van der Waals surface area (Å²) in [6.07, 6.45) is 1.26. The smallest absolute Gasteiger partial charge is 0.303 e. The van der Waals surface area contributed by atoms with E-state index in [9.17, 15) is 9.00 Å². The fourth-order valence-corrected chi connectivity index (χ4v) is 2.77. The van der Waals surface area contributed by atoms with Crippen molar-refractivity contribution in [2.24, 2.45) is 5.14 Å². The lowest BCUT2D eigenvalue weighted by Gasteiger charge is -2.32. The monoisotopic (exact) mass is 243 g/mol. The Morgan fingerprint density at radius 3 is 2.31 bits per heavy atom. The predicted molar refractivity (Wildman–Crippen MR) is 66.4 cm³/mol. The average molecular weight is 243 g/mol. The molecule has 0 heterocycles. The van der Waals surface area contributed by atoms with Gasteiger partial charge < -0.3 is 11.1 Å². The van der Waals surface area contributed by atoms with Gasteiger partial charge in [-0.15, -0.1) is 0 Å². The van der Waals surface area contributed by atoms with Gasteiger partial charge in [0.2, 0.25) is 0 Å². The molecule has 1 aromatic rings. The molecular weight excluding hydrogens is 226 g/mol. The molecule has 1 rings (SSSR count). The number of carbonyl (C=O) groups excluding carboxylic acids is 1. The van der Waals surface area contributed by atoms with Crippen LogP contribution in [0.4, 0.5) is 10.5 Å². The lowest BCUT2D eigenvalue weighted by atomic mass is 10.3. The molecule has 1 aromatic carbocycles. The van der Waals surface area contributed by atoms with Crippen LogP contribution in [0.3, 0.4) is 0 Å². The number of rotatable bonds is 2. The normalized spacial score (nSPS) is 13.8. The maximum atomic E-state index is 12.5. The van der Waals surface area contributed by atoms with Crippen LogP contribution >= 0.6 is 0 Å². The van der Waals surface area contributed by atoms with Crippen LogP contribution in [0.5, 0.6) is 0 Å². The quantitative estimate of drug-likeness (QED) is 0.666. The average Bonchev–Trinajstić information content (AvgIpc) is 2.18. The van der Waals surface area contributed by atoms with E-state index in [1.807, 2.05) is 0 Å². The molecule has 0 fully saturated rings. The fourth-order valence-electron chi connectivity index (χ4n) is 1.24. The Kier molecular flexibility index (Phi) is 3.07. The summed E-state index contributed by atoms with van der Waals surface area (Å²) < 4.78 is 12.5. The van der Waals surface area contributed by atoms with Crippen LogP contribution in [0, 0.1) is 0 Å². The van der Waals surface area contributed by atoms with Gasteiger partial charge in [0.25, 0.3) is 0 Å². The van der Waals surface area contributed by atoms with E-state index in [4.69, 9.17) is 10.9 Å². The molecule has 0 saturated heterocycles. The second-order valence-electron chi connectivity index (χ2n) is 3.80. The lowest BCUT2D eigenvalue weighted by Crippen LogP contribution is -2.53.